The molecule has 0 heteroatoms. The average Bonchev–Trinajstić information content (AvgIpc) is 2.18. The van der Waals surface area contributed by atoms with Crippen molar-refractivity contribution in [2.45, 2.75) is 40.0 Å². The number of hydrogen-bond donors (Lipinski definition) is 0. The lowest BCUT2D eigenvalue weighted by molar-refractivity contribution is 0.401. The summed E-state index contributed by atoms with van der Waals surface area (Å²) in [5, 5.41) is 0. The van der Waals surface area contributed by atoms with Crippen molar-refractivity contribution in [3.8, 4) is 0 Å². The first-order chi connectivity index (χ1) is 7.09. The Morgan fingerprint density at radius 2 is 2.20 bits per heavy atom. The van der Waals surface area contributed by atoms with Crippen LogP contribution in [0.5, 0.6) is 0 Å². The van der Waals surface area contributed by atoms with E-state index in [1.54, 1.807) is 0 Å². The lowest BCUT2D eigenvalue weighted by Gasteiger charge is -2.23. The zero-order valence-electron chi connectivity index (χ0n) is 10.4. The van der Waals surface area contributed by atoms with Crippen molar-refractivity contribution in [3.05, 3.63) is 36.5 Å². The monoisotopic (exact) mass is 204 g/mol. The van der Waals surface area contributed by atoms with Crippen LogP contribution in [0.2, 0.25) is 0 Å². The predicted octanol–water partition coefficient (Wildman–Crippen LogP) is 4.75. The zero-order chi connectivity index (χ0) is 11.3. The minimum absolute atomic E-state index is 0.680. The Labute approximate surface area is 94.8 Å². The minimum atomic E-state index is 0.680. The van der Waals surface area contributed by atoms with Crippen molar-refractivity contribution in [2.75, 3.05) is 0 Å². The molecule has 0 N–H and O–H groups in total. The summed E-state index contributed by atoms with van der Waals surface area (Å²) >= 11 is 0. The lowest BCUT2D eigenvalue weighted by Crippen LogP contribution is -2.11. The molecule has 0 nitrogen and oxygen atoms in total. The molecule has 0 aromatic carbocycles. The van der Waals surface area contributed by atoms with Crippen molar-refractivity contribution < 1.29 is 0 Å². The Morgan fingerprint density at radius 1 is 1.47 bits per heavy atom. The molecule has 0 fully saturated rings. The molecule has 0 aliphatic heterocycles. The maximum Gasteiger partial charge on any atom is -0.0198 e. The topological polar surface area (TPSA) is 0 Å². The van der Waals surface area contributed by atoms with Crippen LogP contribution >= 0.6 is 0 Å². The zero-order valence-corrected chi connectivity index (χ0v) is 10.4. The van der Waals surface area contributed by atoms with Gasteiger partial charge in [0.2, 0.25) is 0 Å². The molecule has 0 spiro atoms. The van der Waals surface area contributed by atoms with E-state index in [4.69, 9.17) is 0 Å². The quantitative estimate of drug-likeness (QED) is 0.580. The summed E-state index contributed by atoms with van der Waals surface area (Å²) in [6.45, 7) is 10.8. The molecule has 1 aliphatic carbocycles. The van der Waals surface area contributed by atoms with E-state index in [9.17, 15) is 0 Å². The van der Waals surface area contributed by atoms with Crippen molar-refractivity contribution in [1.29, 1.82) is 0 Å². The normalized spacial score (nSPS) is 24.0. The summed E-state index contributed by atoms with van der Waals surface area (Å²) in [6, 6.07) is 0. The Bertz CT molecular complexity index is 255. The molecule has 1 aliphatic rings. The second-order valence-electron chi connectivity index (χ2n) is 5.11. The van der Waals surface area contributed by atoms with E-state index in [1.807, 2.05) is 0 Å². The fourth-order valence-corrected chi connectivity index (χ4v) is 2.01. The number of allylic oxidation sites excluding steroid dienone is 5. The summed E-state index contributed by atoms with van der Waals surface area (Å²) in [4.78, 5) is 0. The van der Waals surface area contributed by atoms with Crippen molar-refractivity contribution in [1.82, 2.24) is 0 Å². The molecule has 0 aromatic heterocycles. The van der Waals surface area contributed by atoms with Gasteiger partial charge in [0.25, 0.3) is 0 Å². The first-order valence-corrected chi connectivity index (χ1v) is 6.12. The molecule has 0 heterocycles. The van der Waals surface area contributed by atoms with E-state index >= 15 is 0 Å². The van der Waals surface area contributed by atoms with Crippen LogP contribution in [0.15, 0.2) is 36.5 Å². The van der Waals surface area contributed by atoms with Gasteiger partial charge in [-0.05, 0) is 37.0 Å². The molecule has 2 atom stereocenters. The molecule has 0 saturated carbocycles. The Hall–Kier alpha value is -0.780. The molecule has 0 aromatic rings. The second-order valence-corrected chi connectivity index (χ2v) is 5.11. The molecule has 84 valence electrons. The second kappa shape index (κ2) is 5.95. The highest BCUT2D eigenvalue weighted by atomic mass is 14.2. The maximum atomic E-state index is 3.99. The summed E-state index contributed by atoms with van der Waals surface area (Å²) in [6.07, 6.45) is 12.9. The van der Waals surface area contributed by atoms with Gasteiger partial charge in [-0.25, -0.2) is 0 Å². The van der Waals surface area contributed by atoms with E-state index in [-0.39, 0.29) is 0 Å². The van der Waals surface area contributed by atoms with Crippen LogP contribution in [-0.2, 0) is 0 Å². The molecule has 1 rings (SSSR count). The molecule has 0 bridgehead atoms. The van der Waals surface area contributed by atoms with Gasteiger partial charge in [0.1, 0.15) is 0 Å². The van der Waals surface area contributed by atoms with Crippen LogP contribution in [-0.4, -0.2) is 0 Å². The lowest BCUT2D eigenvalue weighted by atomic mass is 9.82. The van der Waals surface area contributed by atoms with Crippen LogP contribution in [0.3, 0.4) is 0 Å². The van der Waals surface area contributed by atoms with Crippen molar-refractivity contribution in [2.24, 2.45) is 17.8 Å². The number of hydrogen-bond acceptors (Lipinski definition) is 0. The molecule has 0 radical (unpaired) electrons. The van der Waals surface area contributed by atoms with Gasteiger partial charge in [0, 0.05) is 0 Å². The van der Waals surface area contributed by atoms with Gasteiger partial charge in [0.15, 0.2) is 0 Å². The summed E-state index contributed by atoms with van der Waals surface area (Å²) in [7, 11) is 0. The highest BCUT2D eigenvalue weighted by Crippen LogP contribution is 2.28. The minimum Gasteiger partial charge on any atom is -0.0958 e. The standard InChI is InChI=1S/C15H24/c1-12(2)6-5-7-14(4)15-10-8-13(3)9-11-15/h5-6,8,10,12,14-15H,3,7,9,11H2,1-2,4H3/b6-5+/t14-,15-/m0/s1. The van der Waals surface area contributed by atoms with Crippen LogP contribution in [0, 0.1) is 17.8 Å². The SMILES string of the molecule is C=C1C=C[C@H]([C@@H](C)C/C=C/C(C)C)CC1. The van der Waals surface area contributed by atoms with Gasteiger partial charge >= 0.3 is 0 Å². The van der Waals surface area contributed by atoms with E-state index in [1.165, 1.54) is 24.8 Å². The largest absolute Gasteiger partial charge is 0.0958 e. The first kappa shape index (κ1) is 12.3. The Morgan fingerprint density at radius 3 is 2.73 bits per heavy atom. The summed E-state index contributed by atoms with van der Waals surface area (Å²) in [5.41, 5.74) is 1.29. The van der Waals surface area contributed by atoms with Gasteiger partial charge in [-0.2, -0.15) is 0 Å². The third-order valence-corrected chi connectivity index (χ3v) is 3.14. The molecule has 0 unspecified atom stereocenters. The van der Waals surface area contributed by atoms with E-state index in [2.05, 4.69) is 51.7 Å². The van der Waals surface area contributed by atoms with Crippen molar-refractivity contribution in [3.63, 3.8) is 0 Å². The van der Waals surface area contributed by atoms with Gasteiger partial charge in [-0.3, -0.25) is 0 Å². The smallest absolute Gasteiger partial charge is 0.0198 e. The van der Waals surface area contributed by atoms with Crippen LogP contribution in [0.25, 0.3) is 0 Å². The highest BCUT2D eigenvalue weighted by Gasteiger charge is 2.16. The Balaban J connectivity index is 2.37. The van der Waals surface area contributed by atoms with E-state index in [0.717, 1.165) is 11.8 Å². The third-order valence-electron chi connectivity index (χ3n) is 3.14. The molecular formula is C15H24. The molecule has 0 amide bonds. The fourth-order valence-electron chi connectivity index (χ4n) is 2.01. The molecular weight excluding hydrogens is 180 g/mol. The van der Waals surface area contributed by atoms with E-state index in [0.29, 0.717) is 5.92 Å². The molecule has 15 heavy (non-hydrogen) atoms. The molecule has 0 saturated heterocycles. The van der Waals surface area contributed by atoms with E-state index < -0.39 is 0 Å². The van der Waals surface area contributed by atoms with Gasteiger partial charge in [-0.15, -0.1) is 0 Å². The average molecular weight is 204 g/mol. The Kier molecular flexibility index (Phi) is 4.87. The predicted molar refractivity (Wildman–Crippen MR) is 68.8 cm³/mol. The van der Waals surface area contributed by atoms with Gasteiger partial charge < -0.3 is 0 Å². The van der Waals surface area contributed by atoms with Crippen LogP contribution < -0.4 is 0 Å². The van der Waals surface area contributed by atoms with Crippen molar-refractivity contribution >= 4 is 0 Å². The highest BCUT2D eigenvalue weighted by molar-refractivity contribution is 5.19. The summed E-state index contributed by atoms with van der Waals surface area (Å²) < 4.78 is 0. The van der Waals surface area contributed by atoms with Gasteiger partial charge in [0.05, 0.1) is 0 Å². The van der Waals surface area contributed by atoms with Gasteiger partial charge in [-0.1, -0.05) is 57.2 Å². The summed E-state index contributed by atoms with van der Waals surface area (Å²) in [5.74, 6) is 2.20. The first-order valence-electron chi connectivity index (χ1n) is 6.12. The fraction of sp³-hybridized carbons (Fsp3) is 0.600. The van der Waals surface area contributed by atoms with Crippen LogP contribution in [0.4, 0.5) is 0 Å². The maximum absolute atomic E-state index is 3.99. The third kappa shape index (κ3) is 4.51. The van der Waals surface area contributed by atoms with Crippen LogP contribution in [0.1, 0.15) is 40.0 Å². The number of rotatable bonds is 4.